The lowest BCUT2D eigenvalue weighted by Gasteiger charge is -2.33. The van der Waals surface area contributed by atoms with Crippen molar-refractivity contribution in [3.05, 3.63) is 46.7 Å². The lowest BCUT2D eigenvalue weighted by Crippen LogP contribution is -2.43. The number of halogens is 1. The van der Waals surface area contributed by atoms with E-state index in [2.05, 4.69) is 31.5 Å². The van der Waals surface area contributed by atoms with Gasteiger partial charge in [0.15, 0.2) is 10.4 Å². The van der Waals surface area contributed by atoms with Crippen molar-refractivity contribution >= 4 is 27.7 Å². The predicted octanol–water partition coefficient (Wildman–Crippen LogP) is 2.71. The number of rotatable bonds is 7. The molecule has 2 N–H and O–H groups in total. The summed E-state index contributed by atoms with van der Waals surface area (Å²) < 4.78 is 11.2. The van der Waals surface area contributed by atoms with Crippen molar-refractivity contribution in [1.29, 1.82) is 0 Å². The number of carbonyl (C=O) groups is 2. The summed E-state index contributed by atoms with van der Waals surface area (Å²) in [6.07, 6.45) is 5.19. The molecule has 0 aromatic carbocycles. The fourth-order valence-electron chi connectivity index (χ4n) is 3.08. The van der Waals surface area contributed by atoms with Crippen LogP contribution in [-0.4, -0.2) is 42.9 Å². The van der Waals surface area contributed by atoms with Gasteiger partial charge >= 0.3 is 0 Å². The van der Waals surface area contributed by atoms with E-state index in [1.54, 1.807) is 18.4 Å². The minimum Gasteiger partial charge on any atom is -0.468 e. The summed E-state index contributed by atoms with van der Waals surface area (Å²) >= 11 is 3.14. The number of likely N-dealkylation sites (tertiary alicyclic amines) is 1. The maximum absolute atomic E-state index is 12.1. The Bertz CT molecular complexity index is 723. The molecule has 1 aliphatic heterocycles. The van der Waals surface area contributed by atoms with Gasteiger partial charge in [0.2, 0.25) is 5.91 Å². The molecule has 140 valence electrons. The molecule has 3 heterocycles. The molecule has 2 aromatic rings. The zero-order valence-corrected chi connectivity index (χ0v) is 16.0. The third kappa shape index (κ3) is 4.98. The van der Waals surface area contributed by atoms with Crippen molar-refractivity contribution < 1.29 is 18.4 Å². The van der Waals surface area contributed by atoms with E-state index in [4.69, 9.17) is 8.83 Å². The monoisotopic (exact) mass is 423 g/mol. The van der Waals surface area contributed by atoms with Crippen molar-refractivity contribution in [2.75, 3.05) is 26.2 Å². The molecule has 2 amide bonds. The lowest BCUT2D eigenvalue weighted by molar-refractivity contribution is -0.120. The van der Waals surface area contributed by atoms with E-state index in [0.29, 0.717) is 11.2 Å². The minimum absolute atomic E-state index is 0.00554. The lowest BCUT2D eigenvalue weighted by atomic mass is 10.1. The first-order valence-electron chi connectivity index (χ1n) is 8.71. The number of hydrogen-bond donors (Lipinski definition) is 2. The predicted molar refractivity (Wildman–Crippen MR) is 98.6 cm³/mol. The van der Waals surface area contributed by atoms with Crippen LogP contribution in [0, 0.1) is 0 Å². The highest BCUT2D eigenvalue weighted by Crippen LogP contribution is 2.24. The second kappa shape index (κ2) is 9.05. The smallest absolute Gasteiger partial charge is 0.287 e. The molecule has 7 nitrogen and oxygen atoms in total. The van der Waals surface area contributed by atoms with Gasteiger partial charge < -0.3 is 19.5 Å². The van der Waals surface area contributed by atoms with Gasteiger partial charge in [-0.05, 0) is 66.1 Å². The summed E-state index contributed by atoms with van der Waals surface area (Å²) in [5, 5.41) is 5.43. The topological polar surface area (TPSA) is 87.7 Å². The highest BCUT2D eigenvalue weighted by molar-refractivity contribution is 9.10. The van der Waals surface area contributed by atoms with E-state index in [9.17, 15) is 9.59 Å². The first-order valence-corrected chi connectivity index (χ1v) is 9.50. The average Bonchev–Trinajstić information content (AvgIpc) is 3.33. The Labute approximate surface area is 160 Å². The molecule has 2 aromatic heterocycles. The fourth-order valence-corrected chi connectivity index (χ4v) is 3.38. The summed E-state index contributed by atoms with van der Waals surface area (Å²) in [6.45, 7) is 2.31. The molecule has 0 saturated carbocycles. The maximum Gasteiger partial charge on any atom is 0.287 e. The molecule has 8 heteroatoms. The van der Waals surface area contributed by atoms with Crippen LogP contribution >= 0.6 is 15.9 Å². The van der Waals surface area contributed by atoms with Crippen LogP contribution in [0.2, 0.25) is 0 Å². The molecule has 1 atom stereocenters. The second-order valence-electron chi connectivity index (χ2n) is 6.22. The van der Waals surface area contributed by atoms with Crippen LogP contribution in [0.15, 0.2) is 44.0 Å². The van der Waals surface area contributed by atoms with Gasteiger partial charge in [-0.3, -0.25) is 14.5 Å². The van der Waals surface area contributed by atoms with Crippen LogP contribution in [0.4, 0.5) is 0 Å². The van der Waals surface area contributed by atoms with Crippen molar-refractivity contribution in [2.45, 2.75) is 25.3 Å². The fraction of sp³-hybridized carbons (Fsp3) is 0.444. The quantitative estimate of drug-likeness (QED) is 0.714. The zero-order valence-electron chi connectivity index (χ0n) is 14.4. The van der Waals surface area contributed by atoms with Gasteiger partial charge in [-0.1, -0.05) is 6.42 Å². The first kappa shape index (κ1) is 18.7. The molecular weight excluding hydrogens is 402 g/mol. The van der Waals surface area contributed by atoms with Crippen LogP contribution in [-0.2, 0) is 4.79 Å². The third-order valence-electron chi connectivity index (χ3n) is 4.40. The molecule has 1 saturated heterocycles. The Balaban J connectivity index is 1.50. The van der Waals surface area contributed by atoms with Crippen molar-refractivity contribution in [1.82, 2.24) is 15.5 Å². The summed E-state index contributed by atoms with van der Waals surface area (Å²) in [4.78, 5) is 26.4. The van der Waals surface area contributed by atoms with Gasteiger partial charge in [0.25, 0.3) is 5.91 Å². The SMILES string of the molecule is O=C(CNC(=O)c1ccc(Br)o1)NCC(c1ccco1)N1CCCCC1. The molecule has 0 bridgehead atoms. The largest absolute Gasteiger partial charge is 0.468 e. The van der Waals surface area contributed by atoms with Crippen LogP contribution < -0.4 is 10.6 Å². The number of furan rings is 2. The van der Waals surface area contributed by atoms with Crippen molar-refractivity contribution in [3.63, 3.8) is 0 Å². The van der Waals surface area contributed by atoms with Gasteiger partial charge in [-0.25, -0.2) is 0 Å². The standard InChI is InChI=1S/C18H22BrN3O4/c19-16-7-6-15(26-16)18(24)21-12-17(23)20-11-13(14-5-4-10-25-14)22-8-2-1-3-9-22/h4-7,10,13H,1-3,8-9,11-12H2,(H,20,23)(H,21,24). The molecule has 1 aliphatic rings. The summed E-state index contributed by atoms with van der Waals surface area (Å²) in [7, 11) is 0. The zero-order chi connectivity index (χ0) is 18.4. The maximum atomic E-state index is 12.1. The Morgan fingerprint density at radius 3 is 2.62 bits per heavy atom. The van der Waals surface area contributed by atoms with Crippen LogP contribution in [0.5, 0.6) is 0 Å². The highest BCUT2D eigenvalue weighted by Gasteiger charge is 2.25. The molecule has 0 aliphatic carbocycles. The van der Waals surface area contributed by atoms with Gasteiger partial charge in [-0.15, -0.1) is 0 Å². The van der Waals surface area contributed by atoms with E-state index in [0.717, 1.165) is 31.7 Å². The van der Waals surface area contributed by atoms with Gasteiger partial charge in [0.05, 0.1) is 18.8 Å². The third-order valence-corrected chi connectivity index (χ3v) is 4.83. The Kier molecular flexibility index (Phi) is 6.51. The minimum atomic E-state index is -0.426. The van der Waals surface area contributed by atoms with Crippen molar-refractivity contribution in [2.24, 2.45) is 0 Å². The first-order chi connectivity index (χ1) is 12.6. The molecule has 0 radical (unpaired) electrons. The van der Waals surface area contributed by atoms with Crippen molar-refractivity contribution in [3.8, 4) is 0 Å². The summed E-state index contributed by atoms with van der Waals surface area (Å²) in [5.41, 5.74) is 0. The molecule has 1 unspecified atom stereocenters. The van der Waals surface area contributed by atoms with Crippen LogP contribution in [0.1, 0.15) is 41.6 Å². The number of hydrogen-bond acceptors (Lipinski definition) is 5. The molecule has 26 heavy (non-hydrogen) atoms. The number of amides is 2. The Morgan fingerprint density at radius 1 is 1.15 bits per heavy atom. The molecular formula is C18H22BrN3O4. The number of piperidine rings is 1. The average molecular weight is 424 g/mol. The highest BCUT2D eigenvalue weighted by atomic mass is 79.9. The van der Waals surface area contributed by atoms with Crippen LogP contribution in [0.25, 0.3) is 0 Å². The summed E-state index contributed by atoms with van der Waals surface area (Å²) in [5.74, 6) is 0.324. The van der Waals surface area contributed by atoms with E-state index in [-0.39, 0.29) is 24.3 Å². The van der Waals surface area contributed by atoms with Gasteiger partial charge in [-0.2, -0.15) is 0 Å². The second-order valence-corrected chi connectivity index (χ2v) is 7.00. The number of carbonyl (C=O) groups excluding carboxylic acids is 2. The molecule has 1 fully saturated rings. The molecule has 3 rings (SSSR count). The number of nitrogens with one attached hydrogen (secondary N) is 2. The van der Waals surface area contributed by atoms with Crippen LogP contribution in [0.3, 0.4) is 0 Å². The Morgan fingerprint density at radius 2 is 1.96 bits per heavy atom. The van der Waals surface area contributed by atoms with E-state index >= 15 is 0 Å². The number of nitrogens with zero attached hydrogens (tertiary/aromatic N) is 1. The van der Waals surface area contributed by atoms with Gasteiger partial charge in [0, 0.05) is 6.54 Å². The van der Waals surface area contributed by atoms with E-state index in [1.165, 1.54) is 6.42 Å². The van der Waals surface area contributed by atoms with E-state index < -0.39 is 5.91 Å². The van der Waals surface area contributed by atoms with Gasteiger partial charge in [0.1, 0.15) is 5.76 Å². The molecule has 0 spiro atoms. The summed E-state index contributed by atoms with van der Waals surface area (Å²) in [6, 6.07) is 6.96. The Hall–Kier alpha value is -2.06. The normalized spacial score (nSPS) is 16.2. The van der Waals surface area contributed by atoms with E-state index in [1.807, 2.05) is 12.1 Å².